The van der Waals surface area contributed by atoms with E-state index in [1.165, 1.54) is 12.3 Å². The van der Waals surface area contributed by atoms with E-state index in [1.807, 2.05) is 31.2 Å². The molecule has 2 N–H and O–H groups in total. The maximum absolute atomic E-state index is 11.8. The van der Waals surface area contributed by atoms with Crippen LogP contribution in [0.1, 0.15) is 13.3 Å². The molecule has 34 heavy (non-hydrogen) atoms. The van der Waals surface area contributed by atoms with Crippen LogP contribution in [0.5, 0.6) is 5.75 Å². The Kier molecular flexibility index (Phi) is 8.40. The van der Waals surface area contributed by atoms with Gasteiger partial charge in [0.1, 0.15) is 27.2 Å². The van der Waals surface area contributed by atoms with Crippen molar-refractivity contribution in [3.63, 3.8) is 0 Å². The first-order chi connectivity index (χ1) is 15.9. The summed E-state index contributed by atoms with van der Waals surface area (Å²) in [6.45, 7) is 2.65. The van der Waals surface area contributed by atoms with Crippen LogP contribution in [-0.2, 0) is 10.1 Å². The van der Waals surface area contributed by atoms with Gasteiger partial charge in [0, 0.05) is 16.3 Å². The summed E-state index contributed by atoms with van der Waals surface area (Å²) in [6, 6.07) is 18.8. The van der Waals surface area contributed by atoms with E-state index in [0.29, 0.717) is 23.4 Å². The zero-order valence-electron chi connectivity index (χ0n) is 18.8. The monoisotopic (exact) mass is 484 g/mol. The van der Waals surface area contributed by atoms with E-state index < -0.39 is 15.0 Å². The molecule has 0 spiro atoms. The van der Waals surface area contributed by atoms with Gasteiger partial charge in [0.05, 0.1) is 29.1 Å². The van der Waals surface area contributed by atoms with E-state index in [-0.39, 0.29) is 46.3 Å². The molecule has 10 heteroatoms. The molecular formula is C24H21N4NaO4S. The minimum atomic E-state index is -4.73. The zero-order chi connectivity index (χ0) is 23.4. The number of pyridine rings is 1. The second kappa shape index (κ2) is 11.1. The fourth-order valence-corrected chi connectivity index (χ4v) is 4.08. The van der Waals surface area contributed by atoms with Gasteiger partial charge in [-0.25, -0.2) is 8.42 Å². The van der Waals surface area contributed by atoms with Gasteiger partial charge in [0.25, 0.3) is 0 Å². The third-order valence-electron chi connectivity index (χ3n) is 4.94. The maximum atomic E-state index is 11.8. The van der Waals surface area contributed by atoms with Crippen LogP contribution in [0.15, 0.2) is 88.1 Å². The molecule has 0 bridgehead atoms. The molecule has 0 saturated carbocycles. The molecule has 0 saturated heterocycles. The Morgan fingerprint density at radius 1 is 1.00 bits per heavy atom. The van der Waals surface area contributed by atoms with Crippen molar-refractivity contribution in [3.8, 4) is 17.0 Å². The molecule has 168 valence electrons. The molecule has 4 rings (SSSR count). The summed E-state index contributed by atoms with van der Waals surface area (Å²) in [4.78, 5) is 4.06. The molecule has 0 amide bonds. The Morgan fingerprint density at radius 3 is 2.38 bits per heavy atom. The molecule has 0 aliphatic carbocycles. The molecule has 0 radical (unpaired) electrons. The number of azo groups is 1. The number of nitrogens with two attached hydrogens (primary N) is 1. The minimum Gasteiger partial charge on any atom is -0.744 e. The van der Waals surface area contributed by atoms with Gasteiger partial charge < -0.3 is 15.0 Å². The predicted octanol–water partition coefficient (Wildman–Crippen LogP) is 2.60. The number of nitrogens with zero attached hydrogens (tertiary/aromatic N) is 3. The largest absolute Gasteiger partial charge is 1.00 e. The van der Waals surface area contributed by atoms with Gasteiger partial charge in [0.15, 0.2) is 0 Å². The van der Waals surface area contributed by atoms with Crippen LogP contribution >= 0.6 is 0 Å². The van der Waals surface area contributed by atoms with Crippen LogP contribution in [0, 0.1) is 0 Å². The van der Waals surface area contributed by atoms with E-state index in [4.69, 9.17) is 10.5 Å². The fraction of sp³-hybridized carbons (Fsp3) is 0.125. The van der Waals surface area contributed by atoms with E-state index in [0.717, 1.165) is 23.8 Å². The van der Waals surface area contributed by atoms with Gasteiger partial charge in [0.2, 0.25) is 0 Å². The summed E-state index contributed by atoms with van der Waals surface area (Å²) in [5, 5.41) is 8.89. The van der Waals surface area contributed by atoms with Crippen molar-refractivity contribution in [2.75, 3.05) is 12.3 Å². The van der Waals surface area contributed by atoms with Gasteiger partial charge in [-0.15, -0.1) is 10.2 Å². The SMILES string of the molecule is CCCOc1ccccc1-c1ccc(N=Nc2cc(S(=O)(=O)[O-])c3ccccc3c2N)cn1.[Na+]. The predicted molar refractivity (Wildman–Crippen MR) is 126 cm³/mol. The van der Waals surface area contributed by atoms with Crippen LogP contribution in [0.3, 0.4) is 0 Å². The van der Waals surface area contributed by atoms with Crippen LogP contribution in [0.2, 0.25) is 0 Å². The minimum absolute atomic E-state index is 0. The number of ether oxygens (including phenoxy) is 1. The molecule has 4 aromatic rings. The van der Waals surface area contributed by atoms with E-state index in [1.54, 1.807) is 30.3 Å². The number of hydrogen-bond donors (Lipinski definition) is 1. The molecule has 8 nitrogen and oxygen atoms in total. The summed E-state index contributed by atoms with van der Waals surface area (Å²) < 4.78 is 41.1. The summed E-state index contributed by atoms with van der Waals surface area (Å²) in [5.74, 6) is 0.747. The van der Waals surface area contributed by atoms with Crippen molar-refractivity contribution in [1.29, 1.82) is 0 Å². The number of aromatic nitrogens is 1. The van der Waals surface area contributed by atoms with E-state index >= 15 is 0 Å². The average Bonchev–Trinajstić information content (AvgIpc) is 2.82. The first-order valence-corrected chi connectivity index (χ1v) is 11.7. The Labute approximate surface area is 219 Å². The smallest absolute Gasteiger partial charge is 0.744 e. The van der Waals surface area contributed by atoms with Gasteiger partial charge in [-0.2, -0.15) is 0 Å². The van der Waals surface area contributed by atoms with Crippen molar-refractivity contribution >= 4 is 38.0 Å². The number of anilines is 1. The second-order valence-corrected chi connectivity index (χ2v) is 8.60. The van der Waals surface area contributed by atoms with Crippen LogP contribution < -0.4 is 40.0 Å². The molecule has 0 unspecified atom stereocenters. The number of para-hydroxylation sites is 1. The Hall–Kier alpha value is -2.82. The van der Waals surface area contributed by atoms with Crippen LogP contribution in [0.25, 0.3) is 22.0 Å². The summed E-state index contributed by atoms with van der Waals surface area (Å²) in [5.41, 5.74) is 8.50. The zero-order valence-corrected chi connectivity index (χ0v) is 21.6. The standard InChI is InChI=1S/C24H22N4O4S.Na/c1-2-13-32-22-10-6-5-9-19(22)20-12-11-16(15-26-20)27-28-21-14-23(33(29,30)31)17-7-3-4-8-18(17)24(21)25;/h3-12,14-15H,2,13,25H2,1H3,(H,29,30,31);/q;+1/p-1. The maximum Gasteiger partial charge on any atom is 1.00 e. The third kappa shape index (κ3) is 5.63. The molecule has 0 atom stereocenters. The summed E-state index contributed by atoms with van der Waals surface area (Å²) >= 11 is 0. The average molecular weight is 485 g/mol. The molecule has 1 aromatic heterocycles. The summed E-state index contributed by atoms with van der Waals surface area (Å²) in [6.07, 6.45) is 2.44. The quantitative estimate of drug-likeness (QED) is 0.186. The first kappa shape index (κ1) is 25.8. The van der Waals surface area contributed by atoms with Gasteiger partial charge >= 0.3 is 29.6 Å². The molecule has 3 aromatic carbocycles. The third-order valence-corrected chi connectivity index (χ3v) is 5.82. The normalized spacial score (nSPS) is 11.5. The van der Waals surface area contributed by atoms with Gasteiger partial charge in [-0.1, -0.05) is 43.3 Å². The number of nitrogen functional groups attached to an aromatic ring is 1. The molecular weight excluding hydrogens is 463 g/mol. The van der Waals surface area contributed by atoms with Crippen molar-refractivity contribution in [1.82, 2.24) is 4.98 Å². The fourth-order valence-electron chi connectivity index (χ4n) is 3.37. The number of fused-ring (bicyclic) bond motifs is 1. The number of hydrogen-bond acceptors (Lipinski definition) is 8. The Bertz CT molecular complexity index is 1440. The molecule has 0 aliphatic heterocycles. The van der Waals surface area contributed by atoms with Crippen molar-refractivity contribution in [2.45, 2.75) is 18.2 Å². The Balaban J connectivity index is 0.00000324. The first-order valence-electron chi connectivity index (χ1n) is 10.3. The van der Waals surface area contributed by atoms with Gasteiger partial charge in [-0.3, -0.25) is 4.98 Å². The molecule has 0 fully saturated rings. The van der Waals surface area contributed by atoms with E-state index in [9.17, 15) is 13.0 Å². The van der Waals surface area contributed by atoms with Crippen molar-refractivity contribution in [3.05, 3.63) is 72.9 Å². The van der Waals surface area contributed by atoms with Gasteiger partial charge in [-0.05, 0) is 36.8 Å². The van der Waals surface area contributed by atoms with Crippen molar-refractivity contribution < 1.29 is 47.3 Å². The van der Waals surface area contributed by atoms with Crippen LogP contribution in [-0.4, -0.2) is 24.6 Å². The van der Waals surface area contributed by atoms with Crippen LogP contribution in [0.4, 0.5) is 17.1 Å². The van der Waals surface area contributed by atoms with E-state index in [2.05, 4.69) is 15.2 Å². The molecule has 1 heterocycles. The number of rotatable bonds is 7. The second-order valence-electron chi connectivity index (χ2n) is 7.25. The van der Waals surface area contributed by atoms with Crippen molar-refractivity contribution in [2.24, 2.45) is 10.2 Å². The molecule has 0 aliphatic rings. The number of benzene rings is 3. The Morgan fingerprint density at radius 2 is 1.71 bits per heavy atom. The summed E-state index contributed by atoms with van der Waals surface area (Å²) in [7, 11) is -4.73. The topological polar surface area (TPSA) is 130 Å².